The summed E-state index contributed by atoms with van der Waals surface area (Å²) in [7, 11) is 1.86. The zero-order chi connectivity index (χ0) is 19.2. The van der Waals surface area contributed by atoms with Gasteiger partial charge in [0.25, 0.3) is 5.91 Å². The van der Waals surface area contributed by atoms with Crippen molar-refractivity contribution in [3.05, 3.63) is 77.9 Å². The van der Waals surface area contributed by atoms with E-state index in [9.17, 15) is 9.59 Å². The van der Waals surface area contributed by atoms with Crippen LogP contribution in [0.3, 0.4) is 0 Å². The van der Waals surface area contributed by atoms with Crippen LogP contribution < -0.4 is 5.32 Å². The van der Waals surface area contributed by atoms with Crippen molar-refractivity contribution in [3.63, 3.8) is 0 Å². The number of carbonyl (C=O) groups excluding carboxylic acids is 2. The molecule has 3 rings (SSSR count). The fourth-order valence-electron chi connectivity index (χ4n) is 3.39. The number of benzene rings is 2. The fraction of sp³-hybridized carbons (Fsp3) is 0.304. The van der Waals surface area contributed by atoms with Crippen LogP contribution in [0.5, 0.6) is 0 Å². The molecule has 2 atom stereocenters. The van der Waals surface area contributed by atoms with Crippen molar-refractivity contribution in [1.82, 2.24) is 4.90 Å². The van der Waals surface area contributed by atoms with Crippen molar-refractivity contribution >= 4 is 17.5 Å². The average molecular weight is 362 g/mol. The van der Waals surface area contributed by atoms with E-state index in [0.29, 0.717) is 5.56 Å². The lowest BCUT2D eigenvalue weighted by Gasteiger charge is -2.30. The van der Waals surface area contributed by atoms with Crippen LogP contribution in [0.2, 0.25) is 0 Å². The van der Waals surface area contributed by atoms with E-state index in [1.165, 1.54) is 0 Å². The molecule has 1 aliphatic carbocycles. The van der Waals surface area contributed by atoms with E-state index in [0.717, 1.165) is 30.5 Å². The summed E-state index contributed by atoms with van der Waals surface area (Å²) in [6, 6.07) is 16.8. The van der Waals surface area contributed by atoms with E-state index in [1.54, 1.807) is 12.1 Å². The Balaban J connectivity index is 1.69. The molecule has 2 aromatic rings. The normalized spacial score (nSPS) is 17.2. The molecule has 0 spiro atoms. The summed E-state index contributed by atoms with van der Waals surface area (Å²) in [5.74, 6) is 0.118. The van der Waals surface area contributed by atoms with Gasteiger partial charge in [0.2, 0.25) is 5.91 Å². The van der Waals surface area contributed by atoms with Crippen LogP contribution >= 0.6 is 0 Å². The minimum absolute atomic E-state index is 0.0583. The smallest absolute Gasteiger partial charge is 0.255 e. The molecular formula is C23H26N2O2. The molecular weight excluding hydrogens is 336 g/mol. The summed E-state index contributed by atoms with van der Waals surface area (Å²) < 4.78 is 0. The monoisotopic (exact) mass is 362 g/mol. The van der Waals surface area contributed by atoms with Crippen LogP contribution in [0.25, 0.3) is 0 Å². The Bertz CT molecular complexity index is 829. The second-order valence-corrected chi connectivity index (χ2v) is 7.05. The van der Waals surface area contributed by atoms with Crippen LogP contribution in [0.15, 0.2) is 66.7 Å². The first-order valence-electron chi connectivity index (χ1n) is 9.44. The summed E-state index contributed by atoms with van der Waals surface area (Å²) in [5.41, 5.74) is 2.35. The van der Waals surface area contributed by atoms with Crippen molar-refractivity contribution in [3.8, 4) is 0 Å². The van der Waals surface area contributed by atoms with Crippen molar-refractivity contribution in [2.24, 2.45) is 5.92 Å². The molecule has 0 saturated heterocycles. The highest BCUT2D eigenvalue weighted by atomic mass is 16.2. The number of hydrogen-bond acceptors (Lipinski definition) is 2. The van der Waals surface area contributed by atoms with Crippen LogP contribution in [0.4, 0.5) is 5.69 Å². The Kier molecular flexibility index (Phi) is 6.07. The summed E-state index contributed by atoms with van der Waals surface area (Å²) in [6.07, 6.45) is 6.96. The predicted molar refractivity (Wildman–Crippen MR) is 109 cm³/mol. The molecule has 0 fully saturated rings. The maximum absolute atomic E-state index is 12.8. The lowest BCUT2D eigenvalue weighted by molar-refractivity contribution is -0.136. The number of hydrogen-bond donors (Lipinski definition) is 1. The van der Waals surface area contributed by atoms with Gasteiger partial charge in [0.05, 0.1) is 6.04 Å². The zero-order valence-electron chi connectivity index (χ0n) is 15.9. The van der Waals surface area contributed by atoms with Crippen LogP contribution in [-0.4, -0.2) is 23.8 Å². The van der Waals surface area contributed by atoms with E-state index in [-0.39, 0.29) is 23.8 Å². The molecule has 140 valence electrons. The molecule has 27 heavy (non-hydrogen) atoms. The highest BCUT2D eigenvalue weighted by Crippen LogP contribution is 2.27. The topological polar surface area (TPSA) is 49.4 Å². The molecule has 4 heteroatoms. The molecule has 4 nitrogen and oxygen atoms in total. The number of anilines is 1. The van der Waals surface area contributed by atoms with Crippen LogP contribution in [0, 0.1) is 5.92 Å². The standard InChI is InChI=1S/C23H26N2O2/c1-17(25(2)23(27)19-12-7-4-8-13-19)20-14-9-15-21(16-20)24-22(26)18-10-5-3-6-11-18/h3-7,9-11,14-17,19H,8,12-13H2,1-2H3,(H,24,26)/t17-,19+/m1/s1. The van der Waals surface area contributed by atoms with Gasteiger partial charge >= 0.3 is 0 Å². The van der Waals surface area contributed by atoms with E-state index in [2.05, 4.69) is 17.5 Å². The van der Waals surface area contributed by atoms with Gasteiger partial charge in [-0.25, -0.2) is 0 Å². The number of amides is 2. The Hall–Kier alpha value is -2.88. The van der Waals surface area contributed by atoms with Crippen molar-refractivity contribution in [2.45, 2.75) is 32.2 Å². The van der Waals surface area contributed by atoms with Gasteiger partial charge in [-0.1, -0.05) is 42.5 Å². The SMILES string of the molecule is C[C@H](c1cccc(NC(=O)c2ccccc2)c1)N(C)C(=O)[C@H]1CC=CCC1. The predicted octanol–water partition coefficient (Wildman–Crippen LogP) is 4.81. The number of allylic oxidation sites excluding steroid dienone is 2. The minimum atomic E-state index is -0.140. The summed E-state index contributed by atoms with van der Waals surface area (Å²) in [6.45, 7) is 2.02. The molecule has 1 aliphatic rings. The first kappa shape index (κ1) is 18.9. The third-order valence-corrected chi connectivity index (χ3v) is 5.21. The van der Waals surface area contributed by atoms with Gasteiger partial charge in [0.15, 0.2) is 0 Å². The lowest BCUT2D eigenvalue weighted by atomic mass is 9.92. The van der Waals surface area contributed by atoms with Gasteiger partial charge < -0.3 is 10.2 Å². The van der Waals surface area contributed by atoms with Crippen LogP contribution in [0.1, 0.15) is 48.1 Å². The molecule has 0 bridgehead atoms. The highest BCUT2D eigenvalue weighted by Gasteiger charge is 2.25. The third kappa shape index (κ3) is 4.64. The second kappa shape index (κ2) is 8.67. The summed E-state index contributed by atoms with van der Waals surface area (Å²) in [4.78, 5) is 27.0. The first-order chi connectivity index (χ1) is 13.1. The maximum Gasteiger partial charge on any atom is 0.255 e. The largest absolute Gasteiger partial charge is 0.339 e. The molecule has 0 aromatic heterocycles. The van der Waals surface area contributed by atoms with Gasteiger partial charge in [-0.2, -0.15) is 0 Å². The molecule has 0 radical (unpaired) electrons. The number of nitrogens with zero attached hydrogens (tertiary/aromatic N) is 1. The van der Waals surface area contributed by atoms with Gasteiger partial charge in [-0.15, -0.1) is 0 Å². The molecule has 1 N–H and O–H groups in total. The Labute approximate surface area is 160 Å². The molecule has 2 aromatic carbocycles. The third-order valence-electron chi connectivity index (χ3n) is 5.21. The number of rotatable bonds is 5. The number of carbonyl (C=O) groups is 2. The van der Waals surface area contributed by atoms with E-state index < -0.39 is 0 Å². The van der Waals surface area contributed by atoms with Gasteiger partial charge in [0, 0.05) is 24.2 Å². The highest BCUT2D eigenvalue weighted by molar-refractivity contribution is 6.04. The van der Waals surface area contributed by atoms with Gasteiger partial charge in [-0.3, -0.25) is 9.59 Å². The van der Waals surface area contributed by atoms with Crippen molar-refractivity contribution in [2.75, 3.05) is 12.4 Å². The van der Waals surface area contributed by atoms with Crippen LogP contribution in [-0.2, 0) is 4.79 Å². The molecule has 0 saturated carbocycles. The Morgan fingerprint density at radius 3 is 2.56 bits per heavy atom. The van der Waals surface area contributed by atoms with Gasteiger partial charge in [-0.05, 0) is 56.0 Å². The lowest BCUT2D eigenvalue weighted by Crippen LogP contribution is -2.35. The fourth-order valence-corrected chi connectivity index (χ4v) is 3.39. The number of nitrogens with one attached hydrogen (secondary N) is 1. The Morgan fingerprint density at radius 1 is 1.07 bits per heavy atom. The first-order valence-corrected chi connectivity index (χ1v) is 9.44. The van der Waals surface area contributed by atoms with E-state index in [1.807, 2.05) is 61.3 Å². The summed E-state index contributed by atoms with van der Waals surface area (Å²) >= 11 is 0. The van der Waals surface area contributed by atoms with Crippen molar-refractivity contribution in [1.29, 1.82) is 0 Å². The second-order valence-electron chi connectivity index (χ2n) is 7.05. The summed E-state index contributed by atoms with van der Waals surface area (Å²) in [5, 5.41) is 2.93. The minimum Gasteiger partial charge on any atom is -0.339 e. The molecule has 2 amide bonds. The average Bonchev–Trinajstić information content (AvgIpc) is 2.73. The van der Waals surface area contributed by atoms with E-state index >= 15 is 0 Å². The Morgan fingerprint density at radius 2 is 1.85 bits per heavy atom. The van der Waals surface area contributed by atoms with Crippen molar-refractivity contribution < 1.29 is 9.59 Å². The maximum atomic E-state index is 12.8. The zero-order valence-corrected chi connectivity index (χ0v) is 15.9. The quantitative estimate of drug-likeness (QED) is 0.776. The molecule has 0 aliphatic heterocycles. The van der Waals surface area contributed by atoms with Gasteiger partial charge in [0.1, 0.15) is 0 Å². The molecule has 0 unspecified atom stereocenters. The van der Waals surface area contributed by atoms with E-state index in [4.69, 9.17) is 0 Å². The molecule has 0 heterocycles.